The molecule has 1 aromatic carbocycles. The highest BCUT2D eigenvalue weighted by molar-refractivity contribution is 5.75. The molecule has 2 rings (SSSR count). The monoisotopic (exact) mass is 332 g/mol. The molecule has 6 heteroatoms. The first kappa shape index (κ1) is 17.9. The van der Waals surface area contributed by atoms with Crippen LogP contribution >= 0.6 is 0 Å². The Morgan fingerprint density at radius 2 is 2.04 bits per heavy atom. The number of hydrogen-bond donors (Lipinski definition) is 1. The largest absolute Gasteiger partial charge is 0.439 e. The lowest BCUT2D eigenvalue weighted by atomic mass is 10.2. The van der Waals surface area contributed by atoms with E-state index < -0.39 is 0 Å². The van der Waals surface area contributed by atoms with E-state index in [1.807, 2.05) is 6.92 Å². The van der Waals surface area contributed by atoms with Gasteiger partial charge >= 0.3 is 0 Å². The highest BCUT2D eigenvalue weighted by Gasteiger charge is 2.04. The van der Waals surface area contributed by atoms with Crippen molar-refractivity contribution in [1.29, 1.82) is 0 Å². The van der Waals surface area contributed by atoms with E-state index in [0.29, 0.717) is 44.2 Å². The second-order valence-corrected chi connectivity index (χ2v) is 5.14. The number of nitrogens with zero attached hydrogens (tertiary/aromatic N) is 1. The van der Waals surface area contributed by atoms with E-state index in [2.05, 4.69) is 10.3 Å². The zero-order chi connectivity index (χ0) is 17.2. The summed E-state index contributed by atoms with van der Waals surface area (Å²) in [4.78, 5) is 15.8. The Morgan fingerprint density at radius 1 is 1.25 bits per heavy atom. The fourth-order valence-corrected chi connectivity index (χ4v) is 2.01. The molecule has 0 spiro atoms. The minimum absolute atomic E-state index is 0.0208. The first-order valence-electron chi connectivity index (χ1n) is 7.90. The minimum Gasteiger partial charge on any atom is -0.439 e. The van der Waals surface area contributed by atoms with Gasteiger partial charge in [0.25, 0.3) is 0 Å². The molecule has 0 aliphatic heterocycles. The molecule has 0 atom stereocenters. The number of ether oxygens (including phenoxy) is 2. The van der Waals surface area contributed by atoms with Crippen molar-refractivity contribution in [3.8, 4) is 11.6 Å². The summed E-state index contributed by atoms with van der Waals surface area (Å²) in [5.41, 5.74) is 0.875. The van der Waals surface area contributed by atoms with Crippen LogP contribution in [0.5, 0.6) is 11.6 Å². The summed E-state index contributed by atoms with van der Waals surface area (Å²) in [6, 6.07) is 9.25. The first-order chi connectivity index (χ1) is 11.7. The van der Waals surface area contributed by atoms with Gasteiger partial charge in [-0.15, -0.1) is 0 Å². The van der Waals surface area contributed by atoms with Gasteiger partial charge in [0.2, 0.25) is 11.8 Å². The Hall–Kier alpha value is -2.47. The SMILES string of the molecule is CCOCCCC(=O)NCc1ccnc(Oc2ccc(F)cc2)c1. The molecule has 0 fully saturated rings. The van der Waals surface area contributed by atoms with Crippen molar-refractivity contribution in [2.45, 2.75) is 26.3 Å². The minimum atomic E-state index is -0.323. The number of halogens is 1. The number of pyridine rings is 1. The van der Waals surface area contributed by atoms with Crippen molar-refractivity contribution in [1.82, 2.24) is 10.3 Å². The van der Waals surface area contributed by atoms with Crippen molar-refractivity contribution < 1.29 is 18.7 Å². The summed E-state index contributed by atoms with van der Waals surface area (Å²) >= 11 is 0. The second kappa shape index (κ2) is 9.62. The lowest BCUT2D eigenvalue weighted by molar-refractivity contribution is -0.121. The normalized spacial score (nSPS) is 10.4. The molecule has 5 nitrogen and oxygen atoms in total. The third kappa shape index (κ3) is 6.34. The van der Waals surface area contributed by atoms with Crippen LogP contribution in [0.3, 0.4) is 0 Å². The number of benzene rings is 1. The number of rotatable bonds is 9. The van der Waals surface area contributed by atoms with E-state index in [-0.39, 0.29) is 11.7 Å². The predicted molar refractivity (Wildman–Crippen MR) is 88.3 cm³/mol. The molecule has 0 bridgehead atoms. The van der Waals surface area contributed by atoms with Gasteiger partial charge in [-0.25, -0.2) is 9.37 Å². The van der Waals surface area contributed by atoms with Crippen LogP contribution in [0, 0.1) is 5.82 Å². The molecule has 0 radical (unpaired) electrons. The van der Waals surface area contributed by atoms with E-state index >= 15 is 0 Å². The van der Waals surface area contributed by atoms with E-state index in [1.165, 1.54) is 24.3 Å². The van der Waals surface area contributed by atoms with Crippen molar-refractivity contribution >= 4 is 5.91 Å². The van der Waals surface area contributed by atoms with Gasteiger partial charge in [-0.3, -0.25) is 4.79 Å². The number of amides is 1. The molecule has 0 aliphatic rings. The molecule has 0 unspecified atom stereocenters. The van der Waals surface area contributed by atoms with Crippen LogP contribution < -0.4 is 10.1 Å². The molecular weight excluding hydrogens is 311 g/mol. The van der Waals surface area contributed by atoms with Crippen LogP contribution in [-0.2, 0) is 16.1 Å². The summed E-state index contributed by atoms with van der Waals surface area (Å²) in [5.74, 6) is 0.550. The summed E-state index contributed by atoms with van der Waals surface area (Å²) in [7, 11) is 0. The number of carbonyl (C=O) groups excluding carboxylic acids is 1. The quantitative estimate of drug-likeness (QED) is 0.715. The van der Waals surface area contributed by atoms with E-state index in [4.69, 9.17) is 9.47 Å². The lowest BCUT2D eigenvalue weighted by Gasteiger charge is -2.08. The molecule has 1 amide bonds. The topological polar surface area (TPSA) is 60.5 Å². The molecule has 1 heterocycles. The van der Waals surface area contributed by atoms with E-state index in [0.717, 1.165) is 5.56 Å². The van der Waals surface area contributed by atoms with Crippen LogP contribution in [0.1, 0.15) is 25.3 Å². The van der Waals surface area contributed by atoms with Crippen molar-refractivity contribution in [3.05, 3.63) is 54.0 Å². The van der Waals surface area contributed by atoms with Gasteiger partial charge in [0.05, 0.1) is 0 Å². The van der Waals surface area contributed by atoms with Crippen LogP contribution in [0.2, 0.25) is 0 Å². The standard InChI is InChI=1S/C18H21FN2O3/c1-2-23-11-3-4-17(22)21-13-14-9-10-20-18(12-14)24-16-7-5-15(19)6-8-16/h5-10,12H,2-4,11,13H2,1H3,(H,21,22). The average molecular weight is 332 g/mol. The molecular formula is C18H21FN2O3. The Morgan fingerprint density at radius 3 is 2.79 bits per heavy atom. The van der Waals surface area contributed by atoms with Gasteiger partial charge in [0, 0.05) is 38.4 Å². The molecule has 2 aromatic rings. The number of nitrogens with one attached hydrogen (secondary N) is 1. The summed E-state index contributed by atoms with van der Waals surface area (Å²) in [5, 5.41) is 2.85. The van der Waals surface area contributed by atoms with Crippen LogP contribution in [0.15, 0.2) is 42.6 Å². The Bertz CT molecular complexity index is 647. The fraction of sp³-hybridized carbons (Fsp3) is 0.333. The maximum absolute atomic E-state index is 12.9. The highest BCUT2D eigenvalue weighted by atomic mass is 19.1. The average Bonchev–Trinajstić information content (AvgIpc) is 2.59. The summed E-state index contributed by atoms with van der Waals surface area (Å²) in [6.07, 6.45) is 2.74. The molecule has 24 heavy (non-hydrogen) atoms. The number of carbonyl (C=O) groups is 1. The zero-order valence-corrected chi connectivity index (χ0v) is 13.6. The van der Waals surface area contributed by atoms with Crippen molar-refractivity contribution in [2.24, 2.45) is 0 Å². The maximum atomic E-state index is 12.9. The van der Waals surface area contributed by atoms with Crippen LogP contribution in [0.25, 0.3) is 0 Å². The highest BCUT2D eigenvalue weighted by Crippen LogP contribution is 2.20. The van der Waals surface area contributed by atoms with Crippen LogP contribution in [0.4, 0.5) is 4.39 Å². The Labute approximate surface area is 140 Å². The van der Waals surface area contributed by atoms with Gasteiger partial charge < -0.3 is 14.8 Å². The molecule has 1 aromatic heterocycles. The molecule has 0 saturated carbocycles. The lowest BCUT2D eigenvalue weighted by Crippen LogP contribution is -2.22. The van der Waals surface area contributed by atoms with Crippen molar-refractivity contribution in [3.63, 3.8) is 0 Å². The van der Waals surface area contributed by atoms with Gasteiger partial charge in [0.1, 0.15) is 11.6 Å². The van der Waals surface area contributed by atoms with E-state index in [1.54, 1.807) is 18.3 Å². The van der Waals surface area contributed by atoms with Gasteiger partial charge in [0.15, 0.2) is 0 Å². The van der Waals surface area contributed by atoms with Gasteiger partial charge in [-0.2, -0.15) is 0 Å². The maximum Gasteiger partial charge on any atom is 0.220 e. The Kier molecular flexibility index (Phi) is 7.17. The van der Waals surface area contributed by atoms with E-state index in [9.17, 15) is 9.18 Å². The van der Waals surface area contributed by atoms with Crippen molar-refractivity contribution in [2.75, 3.05) is 13.2 Å². The smallest absolute Gasteiger partial charge is 0.220 e. The fourth-order valence-electron chi connectivity index (χ4n) is 2.01. The second-order valence-electron chi connectivity index (χ2n) is 5.14. The zero-order valence-electron chi connectivity index (χ0n) is 13.6. The molecule has 0 aliphatic carbocycles. The Balaban J connectivity index is 1.81. The molecule has 0 saturated heterocycles. The molecule has 128 valence electrons. The van der Waals surface area contributed by atoms with Crippen LogP contribution in [-0.4, -0.2) is 24.1 Å². The first-order valence-corrected chi connectivity index (χ1v) is 7.90. The van der Waals surface area contributed by atoms with Gasteiger partial charge in [-0.1, -0.05) is 0 Å². The van der Waals surface area contributed by atoms with Gasteiger partial charge in [-0.05, 0) is 49.2 Å². The third-order valence-electron chi connectivity index (χ3n) is 3.22. The predicted octanol–water partition coefficient (Wildman–Crippen LogP) is 3.45. The summed E-state index contributed by atoms with van der Waals surface area (Å²) in [6.45, 7) is 3.58. The summed E-state index contributed by atoms with van der Waals surface area (Å²) < 4.78 is 23.6. The molecule has 1 N–H and O–H groups in total. The third-order valence-corrected chi connectivity index (χ3v) is 3.22. The number of aromatic nitrogens is 1. The number of hydrogen-bond acceptors (Lipinski definition) is 4.